The zero-order valence-corrected chi connectivity index (χ0v) is 8.28. The van der Waals surface area contributed by atoms with Crippen molar-refractivity contribution in [3.63, 3.8) is 0 Å². The van der Waals surface area contributed by atoms with E-state index in [9.17, 15) is 4.79 Å². The van der Waals surface area contributed by atoms with Crippen molar-refractivity contribution < 1.29 is 9.90 Å². The van der Waals surface area contributed by atoms with Gasteiger partial charge < -0.3 is 16.2 Å². The second-order valence-electron chi connectivity index (χ2n) is 3.74. The van der Waals surface area contributed by atoms with Crippen molar-refractivity contribution in [3.05, 3.63) is 12.2 Å². The van der Waals surface area contributed by atoms with Crippen LogP contribution in [0.4, 0.5) is 4.79 Å². The average molecular weight is 198 g/mol. The number of hydrogen-bond donors (Lipinski definition) is 3. The fraction of sp³-hybridized carbons (Fsp3) is 0.700. The van der Waals surface area contributed by atoms with Crippen molar-refractivity contribution in [2.45, 2.75) is 31.7 Å². The molecule has 1 aliphatic rings. The summed E-state index contributed by atoms with van der Waals surface area (Å²) in [6.45, 7) is 0.592. The molecule has 0 spiro atoms. The molecule has 0 radical (unpaired) electrons. The Morgan fingerprint density at radius 1 is 1.64 bits per heavy atom. The number of rotatable bonds is 2. The summed E-state index contributed by atoms with van der Waals surface area (Å²) in [5.41, 5.74) is 5.59. The minimum atomic E-state index is -0.935. The summed E-state index contributed by atoms with van der Waals surface area (Å²) in [5, 5.41) is 11.2. The number of amides is 1. The molecule has 4 N–H and O–H groups in total. The predicted octanol–water partition coefficient (Wildman–Crippen LogP) is 1.33. The van der Waals surface area contributed by atoms with Gasteiger partial charge in [-0.1, -0.05) is 12.2 Å². The van der Waals surface area contributed by atoms with Crippen LogP contribution in [0.2, 0.25) is 0 Å². The first-order chi connectivity index (χ1) is 6.72. The number of carboxylic acid groups (broad SMARTS) is 1. The van der Waals surface area contributed by atoms with Gasteiger partial charge in [0.05, 0.1) is 0 Å². The summed E-state index contributed by atoms with van der Waals surface area (Å²) in [4.78, 5) is 10.5. The van der Waals surface area contributed by atoms with Crippen LogP contribution in [0.25, 0.3) is 0 Å². The lowest BCUT2D eigenvalue weighted by Crippen LogP contribution is -2.36. The molecular weight excluding hydrogens is 180 g/mol. The Hall–Kier alpha value is -1.03. The van der Waals surface area contributed by atoms with Crippen LogP contribution in [0, 0.1) is 5.92 Å². The van der Waals surface area contributed by atoms with Crippen molar-refractivity contribution in [2.24, 2.45) is 11.7 Å². The Morgan fingerprint density at radius 3 is 3.07 bits per heavy atom. The van der Waals surface area contributed by atoms with E-state index >= 15 is 0 Å². The molecule has 14 heavy (non-hydrogen) atoms. The highest BCUT2D eigenvalue weighted by molar-refractivity contribution is 5.64. The highest BCUT2D eigenvalue weighted by Crippen LogP contribution is 2.16. The molecule has 1 amide bonds. The predicted molar refractivity (Wildman–Crippen MR) is 55.1 cm³/mol. The molecule has 1 aliphatic carbocycles. The molecule has 0 aliphatic heterocycles. The Balaban J connectivity index is 2.49. The Bertz CT molecular complexity index is 216. The van der Waals surface area contributed by atoms with E-state index in [2.05, 4.69) is 17.5 Å². The standard InChI is InChI=1S/C10H18N2O2/c11-7-8-4-2-1-3-5-9(6-8)12-10(13)14/h2,4,8-9,12H,1,3,5-7,11H2,(H,13,14)/b4-2+. The first-order valence-corrected chi connectivity index (χ1v) is 5.08. The molecule has 2 unspecified atom stereocenters. The van der Waals surface area contributed by atoms with Gasteiger partial charge in [0, 0.05) is 6.04 Å². The van der Waals surface area contributed by atoms with Crippen molar-refractivity contribution >= 4 is 6.09 Å². The number of nitrogens with two attached hydrogens (primary N) is 1. The van der Waals surface area contributed by atoms with Gasteiger partial charge >= 0.3 is 6.09 Å². The van der Waals surface area contributed by atoms with Gasteiger partial charge in [0.15, 0.2) is 0 Å². The van der Waals surface area contributed by atoms with E-state index in [0.29, 0.717) is 12.5 Å². The van der Waals surface area contributed by atoms with Gasteiger partial charge in [-0.2, -0.15) is 0 Å². The Kier molecular flexibility index (Phi) is 4.46. The lowest BCUT2D eigenvalue weighted by Gasteiger charge is -2.22. The normalized spacial score (nSPS) is 30.1. The van der Waals surface area contributed by atoms with Crippen LogP contribution in [0.3, 0.4) is 0 Å². The van der Waals surface area contributed by atoms with Gasteiger partial charge in [-0.25, -0.2) is 4.79 Å². The Labute approximate surface area is 84.2 Å². The molecule has 1 rings (SSSR count). The van der Waals surface area contributed by atoms with Crippen molar-refractivity contribution in [1.29, 1.82) is 0 Å². The van der Waals surface area contributed by atoms with E-state index in [4.69, 9.17) is 10.8 Å². The smallest absolute Gasteiger partial charge is 0.404 e. The Morgan fingerprint density at radius 2 is 2.43 bits per heavy atom. The van der Waals surface area contributed by atoms with Crippen LogP contribution in [0.15, 0.2) is 12.2 Å². The molecule has 0 aromatic carbocycles. The minimum Gasteiger partial charge on any atom is -0.465 e. The summed E-state index contributed by atoms with van der Waals surface area (Å²) in [6.07, 6.45) is 7.11. The second-order valence-corrected chi connectivity index (χ2v) is 3.74. The SMILES string of the molecule is NCC1/C=C/CCCC(NC(=O)O)C1. The van der Waals surface area contributed by atoms with Crippen molar-refractivity contribution in [1.82, 2.24) is 5.32 Å². The number of hydrogen-bond acceptors (Lipinski definition) is 2. The fourth-order valence-corrected chi connectivity index (χ4v) is 1.81. The molecule has 0 fully saturated rings. The second kappa shape index (κ2) is 5.65. The molecule has 0 heterocycles. The summed E-state index contributed by atoms with van der Waals surface area (Å²) < 4.78 is 0. The quantitative estimate of drug-likeness (QED) is 0.586. The third-order valence-electron chi connectivity index (χ3n) is 2.55. The summed E-state index contributed by atoms with van der Waals surface area (Å²) in [6, 6.07) is 0.0611. The molecule has 0 aromatic heterocycles. The molecule has 2 atom stereocenters. The molecule has 0 bridgehead atoms. The van der Waals surface area contributed by atoms with E-state index in [0.717, 1.165) is 25.7 Å². The first kappa shape index (κ1) is 11.0. The molecule has 4 nitrogen and oxygen atoms in total. The van der Waals surface area contributed by atoms with Crippen LogP contribution < -0.4 is 11.1 Å². The molecule has 0 saturated carbocycles. The van der Waals surface area contributed by atoms with Crippen LogP contribution in [-0.4, -0.2) is 23.8 Å². The van der Waals surface area contributed by atoms with Gasteiger partial charge in [-0.05, 0) is 38.1 Å². The van der Waals surface area contributed by atoms with Gasteiger partial charge in [0.1, 0.15) is 0 Å². The minimum absolute atomic E-state index is 0.0611. The summed E-state index contributed by atoms with van der Waals surface area (Å²) in [5.74, 6) is 0.312. The highest BCUT2D eigenvalue weighted by Gasteiger charge is 2.16. The van der Waals surface area contributed by atoms with E-state index in [1.54, 1.807) is 0 Å². The van der Waals surface area contributed by atoms with Gasteiger partial charge in [0.2, 0.25) is 0 Å². The molecule has 80 valence electrons. The lowest BCUT2D eigenvalue weighted by atomic mass is 9.93. The number of nitrogens with one attached hydrogen (secondary N) is 1. The topological polar surface area (TPSA) is 75.3 Å². The van der Waals surface area contributed by atoms with Crippen LogP contribution in [0.5, 0.6) is 0 Å². The first-order valence-electron chi connectivity index (χ1n) is 5.08. The monoisotopic (exact) mass is 198 g/mol. The number of allylic oxidation sites excluding steroid dienone is 1. The maximum absolute atomic E-state index is 10.5. The van der Waals surface area contributed by atoms with Gasteiger partial charge in [-0.3, -0.25) is 0 Å². The van der Waals surface area contributed by atoms with Crippen LogP contribution >= 0.6 is 0 Å². The fourth-order valence-electron chi connectivity index (χ4n) is 1.81. The third-order valence-corrected chi connectivity index (χ3v) is 2.55. The van der Waals surface area contributed by atoms with E-state index in [1.165, 1.54) is 0 Å². The number of carbonyl (C=O) groups is 1. The van der Waals surface area contributed by atoms with Crippen molar-refractivity contribution in [3.8, 4) is 0 Å². The average Bonchev–Trinajstić information content (AvgIpc) is 2.08. The van der Waals surface area contributed by atoms with E-state index in [1.807, 2.05) is 0 Å². The zero-order valence-electron chi connectivity index (χ0n) is 8.28. The highest BCUT2D eigenvalue weighted by atomic mass is 16.4. The van der Waals surface area contributed by atoms with E-state index in [-0.39, 0.29) is 6.04 Å². The van der Waals surface area contributed by atoms with Crippen LogP contribution in [0.1, 0.15) is 25.7 Å². The lowest BCUT2D eigenvalue weighted by molar-refractivity contribution is 0.187. The third kappa shape index (κ3) is 3.79. The molecule has 0 saturated heterocycles. The maximum atomic E-state index is 10.5. The zero-order chi connectivity index (χ0) is 10.4. The van der Waals surface area contributed by atoms with E-state index < -0.39 is 6.09 Å². The van der Waals surface area contributed by atoms with Gasteiger partial charge in [-0.15, -0.1) is 0 Å². The molecule has 0 aromatic rings. The summed E-state index contributed by atoms with van der Waals surface area (Å²) in [7, 11) is 0. The van der Waals surface area contributed by atoms with Gasteiger partial charge in [0.25, 0.3) is 0 Å². The molecular formula is C10H18N2O2. The maximum Gasteiger partial charge on any atom is 0.404 e. The van der Waals surface area contributed by atoms with Crippen molar-refractivity contribution in [2.75, 3.05) is 6.54 Å². The largest absolute Gasteiger partial charge is 0.465 e. The summed E-state index contributed by atoms with van der Waals surface area (Å²) >= 11 is 0. The molecule has 4 heteroatoms. The van der Waals surface area contributed by atoms with Crippen LogP contribution in [-0.2, 0) is 0 Å².